The van der Waals surface area contributed by atoms with Crippen LogP contribution in [0, 0.1) is 0 Å². The molecule has 0 aliphatic rings. The van der Waals surface area contributed by atoms with Crippen LogP contribution < -0.4 is 21.9 Å². The number of hydrogen-bond acceptors (Lipinski definition) is 7. The zero-order valence-electron chi connectivity index (χ0n) is 22.7. The summed E-state index contributed by atoms with van der Waals surface area (Å²) in [5.41, 5.74) is 7.61. The van der Waals surface area contributed by atoms with Gasteiger partial charge < -0.3 is 26.0 Å². The maximum atomic E-state index is 12.2. The number of benzene rings is 2. The largest absolute Gasteiger partial charge is 0.480 e. The first kappa shape index (κ1) is 31.2. The van der Waals surface area contributed by atoms with E-state index in [0.29, 0.717) is 18.5 Å². The Morgan fingerprint density at radius 1 is 1.05 bits per heavy atom. The van der Waals surface area contributed by atoms with Crippen LogP contribution in [0.2, 0.25) is 0 Å². The minimum atomic E-state index is -1.03. The van der Waals surface area contributed by atoms with Gasteiger partial charge in [-0.3, -0.25) is 19.4 Å². The molecule has 0 fully saturated rings. The fraction of sp³-hybridized carbons (Fsp3) is 0.286. The Morgan fingerprint density at radius 2 is 1.62 bits per heavy atom. The van der Waals surface area contributed by atoms with E-state index in [1.807, 2.05) is 81.4 Å². The maximum Gasteiger partial charge on any atom is 0.326 e. The number of carbonyl (C=O) groups excluding carboxylic acids is 2. The lowest BCUT2D eigenvalue weighted by Crippen LogP contribution is -2.37. The Kier molecular flexibility index (Phi) is 12.5. The molecule has 4 aromatic rings. The summed E-state index contributed by atoms with van der Waals surface area (Å²) in [6.45, 7) is 5.96. The molecule has 40 heavy (non-hydrogen) atoms. The van der Waals surface area contributed by atoms with Crippen LogP contribution in [0.3, 0.4) is 0 Å². The van der Waals surface area contributed by atoms with Crippen molar-refractivity contribution in [1.82, 2.24) is 30.2 Å². The highest BCUT2D eigenvalue weighted by molar-refractivity contribution is 5.79. The van der Waals surface area contributed by atoms with E-state index < -0.39 is 17.6 Å². The first-order chi connectivity index (χ1) is 19.3. The number of amides is 2. The quantitative estimate of drug-likeness (QED) is 0.186. The van der Waals surface area contributed by atoms with Crippen molar-refractivity contribution in [1.29, 1.82) is 0 Å². The summed E-state index contributed by atoms with van der Waals surface area (Å²) >= 11 is 0. The molecule has 6 N–H and O–H groups in total. The standard InChI is InChI=1S/C16H18N6O2.C10H11NO3.C2H6/c1-10(7-11-5-3-2-4-6-11)19-12(23)8-22-9-18-13-14(22)20-16(17)21-15(13)24;12-7-11-9(10(13)14)6-8-4-2-1-3-5-8;1-2/h2-6,9-10H,7-8H2,1H3,(H,19,23)(H3,17,20,21,24);1-5,7,9H,6H2,(H,11,12)(H,13,14);1-2H3. The Balaban J connectivity index is 0.000000299. The van der Waals surface area contributed by atoms with Gasteiger partial charge in [-0.15, -0.1) is 0 Å². The number of aromatic amines is 1. The van der Waals surface area contributed by atoms with Crippen LogP contribution in [0.5, 0.6) is 0 Å². The summed E-state index contributed by atoms with van der Waals surface area (Å²) in [6, 6.07) is 18.2. The van der Waals surface area contributed by atoms with Crippen molar-refractivity contribution < 1.29 is 19.5 Å². The minimum absolute atomic E-state index is 0.00731. The van der Waals surface area contributed by atoms with Crippen molar-refractivity contribution in [2.24, 2.45) is 0 Å². The lowest BCUT2D eigenvalue weighted by atomic mass is 10.1. The van der Waals surface area contributed by atoms with E-state index in [9.17, 15) is 19.2 Å². The first-order valence-electron chi connectivity index (χ1n) is 12.8. The average molecular weight is 550 g/mol. The number of nitrogens with zero attached hydrogens (tertiary/aromatic N) is 3. The molecule has 0 saturated carbocycles. The molecule has 2 unspecified atom stereocenters. The number of nitrogen functional groups attached to an aromatic ring is 1. The highest BCUT2D eigenvalue weighted by Crippen LogP contribution is 2.07. The number of aliphatic carboxylic acids is 1. The van der Waals surface area contributed by atoms with Gasteiger partial charge in [0.2, 0.25) is 18.3 Å². The Morgan fingerprint density at radius 3 is 2.17 bits per heavy atom. The number of hydrogen-bond donors (Lipinski definition) is 5. The third kappa shape index (κ3) is 9.71. The van der Waals surface area contributed by atoms with Crippen molar-refractivity contribution in [3.05, 3.63) is 88.5 Å². The number of H-pyrrole nitrogens is 1. The van der Waals surface area contributed by atoms with Gasteiger partial charge in [-0.1, -0.05) is 74.5 Å². The normalized spacial score (nSPS) is 11.6. The zero-order valence-corrected chi connectivity index (χ0v) is 22.7. The van der Waals surface area contributed by atoms with Gasteiger partial charge in [-0.25, -0.2) is 9.78 Å². The third-order valence-electron chi connectivity index (χ3n) is 5.45. The lowest BCUT2D eigenvalue weighted by Gasteiger charge is -2.14. The van der Waals surface area contributed by atoms with E-state index in [4.69, 9.17) is 10.8 Å². The number of fused-ring (bicyclic) bond motifs is 1. The molecule has 12 nitrogen and oxygen atoms in total. The molecule has 2 heterocycles. The van der Waals surface area contributed by atoms with E-state index in [1.54, 1.807) is 0 Å². The zero-order chi connectivity index (χ0) is 29.5. The molecule has 4 rings (SSSR count). The number of anilines is 1. The predicted molar refractivity (Wildman–Crippen MR) is 152 cm³/mol. The summed E-state index contributed by atoms with van der Waals surface area (Å²) in [6.07, 6.45) is 2.85. The molecule has 2 aromatic heterocycles. The molecule has 212 valence electrons. The van der Waals surface area contributed by atoms with E-state index in [0.717, 1.165) is 17.5 Å². The van der Waals surface area contributed by atoms with Crippen LogP contribution in [0.4, 0.5) is 5.95 Å². The summed E-state index contributed by atoms with van der Waals surface area (Å²) < 4.78 is 1.51. The van der Waals surface area contributed by atoms with Gasteiger partial charge in [-0.2, -0.15) is 4.98 Å². The molecule has 2 atom stereocenters. The Bertz CT molecular complexity index is 1420. The fourth-order valence-electron chi connectivity index (χ4n) is 3.73. The molecule has 0 saturated heterocycles. The van der Waals surface area contributed by atoms with Crippen molar-refractivity contribution in [3.8, 4) is 0 Å². The van der Waals surface area contributed by atoms with Crippen LogP contribution >= 0.6 is 0 Å². The van der Waals surface area contributed by atoms with Crippen LogP contribution in [-0.2, 0) is 33.8 Å². The average Bonchev–Trinajstić information content (AvgIpc) is 3.33. The predicted octanol–water partition coefficient (Wildman–Crippen LogP) is 1.90. The van der Waals surface area contributed by atoms with Crippen molar-refractivity contribution in [3.63, 3.8) is 0 Å². The lowest BCUT2D eigenvalue weighted by molar-refractivity contribution is -0.140. The molecule has 2 amide bonds. The van der Waals surface area contributed by atoms with E-state index in [2.05, 4.69) is 25.6 Å². The van der Waals surface area contributed by atoms with E-state index in [-0.39, 0.29) is 30.0 Å². The third-order valence-corrected chi connectivity index (χ3v) is 5.45. The van der Waals surface area contributed by atoms with Crippen LogP contribution in [0.25, 0.3) is 11.2 Å². The van der Waals surface area contributed by atoms with Gasteiger partial charge in [0.25, 0.3) is 5.56 Å². The second kappa shape index (κ2) is 16.1. The van der Waals surface area contributed by atoms with Crippen LogP contribution in [0.1, 0.15) is 31.9 Å². The van der Waals surface area contributed by atoms with Crippen LogP contribution in [-0.4, -0.2) is 55.0 Å². The van der Waals surface area contributed by atoms with Crippen molar-refractivity contribution in [2.75, 3.05) is 5.73 Å². The molecule has 0 radical (unpaired) electrons. The van der Waals surface area contributed by atoms with Gasteiger partial charge >= 0.3 is 5.97 Å². The van der Waals surface area contributed by atoms with Gasteiger partial charge in [0.05, 0.1) is 6.33 Å². The van der Waals surface area contributed by atoms with E-state index in [1.165, 1.54) is 10.9 Å². The maximum absolute atomic E-state index is 12.2. The topological polar surface area (TPSA) is 185 Å². The minimum Gasteiger partial charge on any atom is -0.480 e. The molecule has 0 aliphatic carbocycles. The number of rotatable bonds is 10. The molecular weight excluding hydrogens is 514 g/mol. The SMILES string of the molecule is CC.CC(Cc1ccccc1)NC(=O)Cn1cnc2c(=O)[nH]c(N)nc21.O=CNC(Cc1ccccc1)C(=O)O. The highest BCUT2D eigenvalue weighted by atomic mass is 16.4. The summed E-state index contributed by atoms with van der Waals surface area (Å²) in [4.78, 5) is 55.1. The number of carboxylic acids is 1. The fourth-order valence-corrected chi connectivity index (χ4v) is 3.73. The number of nitrogens with one attached hydrogen (secondary N) is 3. The second-order valence-electron chi connectivity index (χ2n) is 8.52. The number of carboxylic acid groups (broad SMARTS) is 1. The highest BCUT2D eigenvalue weighted by Gasteiger charge is 2.16. The first-order valence-corrected chi connectivity index (χ1v) is 12.8. The number of nitrogens with two attached hydrogens (primary N) is 1. The number of imidazole rings is 1. The number of carbonyl (C=O) groups is 3. The summed E-state index contributed by atoms with van der Waals surface area (Å²) in [5.74, 6) is -1.22. The van der Waals surface area contributed by atoms with Crippen molar-refractivity contribution >= 4 is 35.4 Å². The summed E-state index contributed by atoms with van der Waals surface area (Å²) in [5, 5.41) is 13.9. The second-order valence-corrected chi connectivity index (χ2v) is 8.52. The monoisotopic (exact) mass is 549 g/mol. The molecular formula is C28H35N7O5. The van der Waals surface area contributed by atoms with Gasteiger partial charge in [0, 0.05) is 12.5 Å². The smallest absolute Gasteiger partial charge is 0.326 e. The Labute approximate surface area is 231 Å². The number of aromatic nitrogens is 4. The molecule has 0 spiro atoms. The van der Waals surface area contributed by atoms with Gasteiger partial charge in [0.15, 0.2) is 11.2 Å². The van der Waals surface area contributed by atoms with Crippen LogP contribution in [0.15, 0.2) is 71.8 Å². The van der Waals surface area contributed by atoms with Crippen molar-refractivity contribution in [2.45, 2.75) is 52.2 Å². The Hall–Kier alpha value is -5.00. The van der Waals surface area contributed by atoms with Gasteiger partial charge in [0.1, 0.15) is 12.6 Å². The van der Waals surface area contributed by atoms with Gasteiger partial charge in [-0.05, 0) is 24.5 Å². The molecule has 0 bridgehead atoms. The molecule has 12 heteroatoms. The molecule has 0 aliphatic heterocycles. The molecule has 2 aromatic carbocycles. The summed E-state index contributed by atoms with van der Waals surface area (Å²) in [7, 11) is 0. The van der Waals surface area contributed by atoms with E-state index >= 15 is 0 Å².